The van der Waals surface area contributed by atoms with Crippen LogP contribution in [0.15, 0.2) is 24.3 Å². The van der Waals surface area contributed by atoms with Crippen LogP contribution in [-0.2, 0) is 16.3 Å². The Balaban J connectivity index is 1.81. The number of carbonyl (C=O) groups is 1. The van der Waals surface area contributed by atoms with Crippen molar-refractivity contribution in [3.05, 3.63) is 46.8 Å². The molecule has 144 valence electrons. The van der Waals surface area contributed by atoms with Crippen molar-refractivity contribution in [1.29, 1.82) is 0 Å². The lowest BCUT2D eigenvalue weighted by Gasteiger charge is -2.14. The number of hydrogen-bond acceptors (Lipinski definition) is 6. The number of benzene rings is 1. The summed E-state index contributed by atoms with van der Waals surface area (Å²) in [6, 6.07) is 7.30. The fourth-order valence-corrected chi connectivity index (χ4v) is 4.89. The Bertz CT molecular complexity index is 973. The van der Waals surface area contributed by atoms with E-state index in [1.165, 1.54) is 0 Å². The SMILES string of the molecule is CCc1cccc(C)c1NC(=O)c1cc(C)nc(NC2CCS(=O)(=O)C2)n1. The molecule has 1 aromatic heterocycles. The maximum atomic E-state index is 12.8. The van der Waals surface area contributed by atoms with Crippen molar-refractivity contribution in [1.82, 2.24) is 9.97 Å². The van der Waals surface area contributed by atoms with Gasteiger partial charge in [0.2, 0.25) is 5.95 Å². The summed E-state index contributed by atoms with van der Waals surface area (Å²) in [6.07, 6.45) is 1.33. The molecule has 0 radical (unpaired) electrons. The van der Waals surface area contributed by atoms with Crippen molar-refractivity contribution in [3.63, 3.8) is 0 Å². The molecule has 8 heteroatoms. The average Bonchev–Trinajstić information content (AvgIpc) is 2.94. The molecule has 0 aliphatic carbocycles. The summed E-state index contributed by atoms with van der Waals surface area (Å²) in [5.41, 5.74) is 3.74. The van der Waals surface area contributed by atoms with E-state index < -0.39 is 9.84 Å². The van der Waals surface area contributed by atoms with Gasteiger partial charge in [0.1, 0.15) is 5.69 Å². The molecule has 1 aliphatic rings. The van der Waals surface area contributed by atoms with E-state index in [1.807, 2.05) is 32.0 Å². The van der Waals surface area contributed by atoms with Crippen molar-refractivity contribution < 1.29 is 13.2 Å². The van der Waals surface area contributed by atoms with E-state index in [9.17, 15) is 13.2 Å². The van der Waals surface area contributed by atoms with E-state index in [-0.39, 0.29) is 35.1 Å². The molecular formula is C19H24N4O3S. The minimum absolute atomic E-state index is 0.0644. The van der Waals surface area contributed by atoms with E-state index in [2.05, 4.69) is 20.6 Å². The van der Waals surface area contributed by atoms with Crippen molar-refractivity contribution in [2.24, 2.45) is 0 Å². The maximum absolute atomic E-state index is 12.8. The normalized spacial score (nSPS) is 18.3. The zero-order valence-electron chi connectivity index (χ0n) is 15.7. The second-order valence-electron chi connectivity index (χ2n) is 6.88. The molecule has 2 N–H and O–H groups in total. The summed E-state index contributed by atoms with van der Waals surface area (Å²) in [7, 11) is -3.00. The highest BCUT2D eigenvalue weighted by Gasteiger charge is 2.28. The summed E-state index contributed by atoms with van der Waals surface area (Å²) in [5.74, 6) is 0.195. The first kappa shape index (κ1) is 19.3. The third-order valence-corrected chi connectivity index (χ3v) is 6.40. The lowest BCUT2D eigenvalue weighted by Crippen LogP contribution is -2.23. The highest BCUT2D eigenvalue weighted by molar-refractivity contribution is 7.91. The van der Waals surface area contributed by atoms with Gasteiger partial charge in [0.15, 0.2) is 9.84 Å². The van der Waals surface area contributed by atoms with Gasteiger partial charge in [-0.3, -0.25) is 4.79 Å². The van der Waals surface area contributed by atoms with Crippen LogP contribution in [0.3, 0.4) is 0 Å². The quantitative estimate of drug-likeness (QED) is 0.816. The van der Waals surface area contributed by atoms with Gasteiger partial charge in [-0.15, -0.1) is 0 Å². The lowest BCUT2D eigenvalue weighted by molar-refractivity contribution is 0.102. The minimum Gasteiger partial charge on any atom is -0.350 e. The minimum atomic E-state index is -3.00. The van der Waals surface area contributed by atoms with Crippen LogP contribution in [0, 0.1) is 13.8 Å². The Labute approximate surface area is 159 Å². The highest BCUT2D eigenvalue weighted by Crippen LogP contribution is 2.22. The van der Waals surface area contributed by atoms with Crippen LogP contribution in [0.5, 0.6) is 0 Å². The Hall–Kier alpha value is -2.48. The second kappa shape index (κ2) is 7.64. The highest BCUT2D eigenvalue weighted by atomic mass is 32.2. The van der Waals surface area contributed by atoms with Gasteiger partial charge < -0.3 is 10.6 Å². The first-order valence-corrected chi connectivity index (χ1v) is 10.8. The number of carbonyl (C=O) groups excluding carboxylic acids is 1. The molecule has 1 saturated heterocycles. The number of para-hydroxylation sites is 1. The number of hydrogen-bond donors (Lipinski definition) is 2. The van der Waals surface area contributed by atoms with E-state index in [0.29, 0.717) is 12.1 Å². The number of nitrogens with zero attached hydrogens (tertiary/aromatic N) is 2. The Morgan fingerprint density at radius 2 is 2.04 bits per heavy atom. The molecule has 1 atom stereocenters. The topological polar surface area (TPSA) is 101 Å². The predicted octanol–water partition coefficient (Wildman–Crippen LogP) is 2.51. The van der Waals surface area contributed by atoms with Gasteiger partial charge in [-0.05, 0) is 43.9 Å². The molecule has 1 unspecified atom stereocenters. The number of aryl methyl sites for hydroxylation is 3. The van der Waals surface area contributed by atoms with Crippen LogP contribution in [-0.4, -0.2) is 41.8 Å². The molecule has 1 aromatic carbocycles. The first-order chi connectivity index (χ1) is 12.8. The molecule has 0 saturated carbocycles. The summed E-state index contributed by atoms with van der Waals surface area (Å²) in [6.45, 7) is 5.77. The largest absolute Gasteiger partial charge is 0.350 e. The molecule has 1 aliphatic heterocycles. The summed E-state index contributed by atoms with van der Waals surface area (Å²) >= 11 is 0. The summed E-state index contributed by atoms with van der Waals surface area (Å²) < 4.78 is 23.2. The fraction of sp³-hybridized carbons (Fsp3) is 0.421. The Kier molecular flexibility index (Phi) is 5.46. The van der Waals surface area contributed by atoms with Crippen LogP contribution in [0.1, 0.15) is 40.7 Å². The molecule has 0 bridgehead atoms. The first-order valence-electron chi connectivity index (χ1n) is 9.00. The molecular weight excluding hydrogens is 364 g/mol. The molecule has 27 heavy (non-hydrogen) atoms. The number of rotatable bonds is 5. The molecule has 0 spiro atoms. The Morgan fingerprint density at radius 3 is 2.70 bits per heavy atom. The van der Waals surface area contributed by atoms with Gasteiger partial charge in [0.05, 0.1) is 11.5 Å². The number of sulfone groups is 1. The third kappa shape index (κ3) is 4.63. The standard InChI is InChI=1S/C19H24N4O3S/c1-4-14-7-5-6-12(2)17(14)23-18(24)16-10-13(3)20-19(22-16)21-15-8-9-27(25,26)11-15/h5-7,10,15H,4,8-9,11H2,1-3H3,(H,23,24)(H,20,21,22). The predicted molar refractivity (Wildman–Crippen MR) is 106 cm³/mol. The van der Waals surface area contributed by atoms with E-state index in [1.54, 1.807) is 13.0 Å². The third-order valence-electron chi connectivity index (χ3n) is 4.63. The van der Waals surface area contributed by atoms with Crippen LogP contribution in [0.25, 0.3) is 0 Å². The lowest BCUT2D eigenvalue weighted by atomic mass is 10.1. The zero-order chi connectivity index (χ0) is 19.6. The summed E-state index contributed by atoms with van der Waals surface area (Å²) in [4.78, 5) is 21.3. The fourth-order valence-electron chi connectivity index (χ4n) is 3.22. The van der Waals surface area contributed by atoms with Crippen molar-refractivity contribution >= 4 is 27.4 Å². The number of aromatic nitrogens is 2. The molecule has 1 fully saturated rings. The smallest absolute Gasteiger partial charge is 0.274 e. The average molecular weight is 388 g/mol. The monoisotopic (exact) mass is 388 g/mol. The zero-order valence-corrected chi connectivity index (χ0v) is 16.6. The van der Waals surface area contributed by atoms with Crippen molar-refractivity contribution in [2.75, 3.05) is 22.1 Å². The number of nitrogens with one attached hydrogen (secondary N) is 2. The van der Waals surface area contributed by atoms with Gasteiger partial charge in [-0.25, -0.2) is 18.4 Å². The molecule has 7 nitrogen and oxygen atoms in total. The Morgan fingerprint density at radius 1 is 1.26 bits per heavy atom. The van der Waals surface area contributed by atoms with Crippen molar-refractivity contribution in [2.45, 2.75) is 39.7 Å². The molecule has 2 heterocycles. The van der Waals surface area contributed by atoms with Crippen LogP contribution in [0.4, 0.5) is 11.6 Å². The number of amides is 1. The second-order valence-corrected chi connectivity index (χ2v) is 9.11. The van der Waals surface area contributed by atoms with E-state index >= 15 is 0 Å². The van der Waals surface area contributed by atoms with E-state index in [4.69, 9.17) is 0 Å². The molecule has 2 aromatic rings. The van der Waals surface area contributed by atoms with Gasteiger partial charge in [0.25, 0.3) is 5.91 Å². The van der Waals surface area contributed by atoms with Crippen LogP contribution in [0.2, 0.25) is 0 Å². The van der Waals surface area contributed by atoms with Crippen LogP contribution < -0.4 is 10.6 Å². The van der Waals surface area contributed by atoms with Crippen molar-refractivity contribution in [3.8, 4) is 0 Å². The van der Waals surface area contributed by atoms with Gasteiger partial charge in [-0.1, -0.05) is 25.1 Å². The van der Waals surface area contributed by atoms with Gasteiger partial charge >= 0.3 is 0 Å². The molecule has 3 rings (SSSR count). The van der Waals surface area contributed by atoms with Gasteiger partial charge in [-0.2, -0.15) is 0 Å². The van der Waals surface area contributed by atoms with Gasteiger partial charge in [0, 0.05) is 17.4 Å². The van der Waals surface area contributed by atoms with Crippen LogP contribution >= 0.6 is 0 Å². The maximum Gasteiger partial charge on any atom is 0.274 e. The summed E-state index contributed by atoms with van der Waals surface area (Å²) in [5, 5.41) is 6.00. The molecule has 1 amide bonds. The number of anilines is 2. The van der Waals surface area contributed by atoms with E-state index in [0.717, 1.165) is 23.2 Å².